The Hall–Kier alpha value is -2.40. The molecule has 3 rings (SSSR count). The minimum absolute atomic E-state index is 0.0477. The summed E-state index contributed by atoms with van der Waals surface area (Å²) in [5, 5.41) is 1.59. The molecule has 0 aliphatic carbocycles. The molecule has 3 aromatic rings. The number of rotatable bonds is 4. The SMILES string of the molecule is Cc1nc(SC(C)C(=O)N(C)c2ccccc2)c2ccccc2n1. The van der Waals surface area contributed by atoms with Crippen molar-refractivity contribution in [3.63, 3.8) is 0 Å². The van der Waals surface area contributed by atoms with E-state index in [2.05, 4.69) is 9.97 Å². The molecule has 4 nitrogen and oxygen atoms in total. The molecular weight excluding hydrogens is 318 g/mol. The second-order valence-corrected chi connectivity index (χ2v) is 6.92. The highest BCUT2D eigenvalue weighted by atomic mass is 32.2. The van der Waals surface area contributed by atoms with Crippen LogP contribution in [0.3, 0.4) is 0 Å². The normalized spacial score (nSPS) is 12.1. The molecule has 2 aromatic carbocycles. The first-order valence-electron chi connectivity index (χ1n) is 7.79. The van der Waals surface area contributed by atoms with Gasteiger partial charge in [-0.15, -0.1) is 0 Å². The van der Waals surface area contributed by atoms with Crippen molar-refractivity contribution in [1.82, 2.24) is 9.97 Å². The first-order chi connectivity index (χ1) is 11.6. The highest BCUT2D eigenvalue weighted by Gasteiger charge is 2.21. The lowest BCUT2D eigenvalue weighted by Gasteiger charge is -2.21. The van der Waals surface area contributed by atoms with Gasteiger partial charge < -0.3 is 4.90 Å². The highest BCUT2D eigenvalue weighted by Crippen LogP contribution is 2.29. The van der Waals surface area contributed by atoms with Crippen LogP contribution in [0.15, 0.2) is 59.6 Å². The van der Waals surface area contributed by atoms with Crippen molar-refractivity contribution in [3.05, 3.63) is 60.4 Å². The second kappa shape index (κ2) is 7.01. The van der Waals surface area contributed by atoms with Crippen LogP contribution in [0.4, 0.5) is 5.69 Å². The smallest absolute Gasteiger partial charge is 0.239 e. The maximum Gasteiger partial charge on any atom is 0.239 e. The van der Waals surface area contributed by atoms with Crippen molar-refractivity contribution in [2.24, 2.45) is 0 Å². The fraction of sp³-hybridized carbons (Fsp3) is 0.211. The van der Waals surface area contributed by atoms with Gasteiger partial charge in [0.05, 0.1) is 10.8 Å². The van der Waals surface area contributed by atoms with Gasteiger partial charge >= 0.3 is 0 Å². The summed E-state index contributed by atoms with van der Waals surface area (Å²) in [6.45, 7) is 3.79. The number of anilines is 1. The molecule has 1 unspecified atom stereocenters. The maximum absolute atomic E-state index is 12.7. The lowest BCUT2D eigenvalue weighted by atomic mass is 10.2. The number of hydrogen-bond acceptors (Lipinski definition) is 4. The van der Waals surface area contributed by atoms with Gasteiger partial charge in [-0.25, -0.2) is 9.97 Å². The van der Waals surface area contributed by atoms with Gasteiger partial charge in [0.1, 0.15) is 10.9 Å². The van der Waals surface area contributed by atoms with Crippen molar-refractivity contribution >= 4 is 34.3 Å². The zero-order valence-corrected chi connectivity index (χ0v) is 14.7. The number of hydrogen-bond donors (Lipinski definition) is 0. The zero-order valence-electron chi connectivity index (χ0n) is 13.9. The van der Waals surface area contributed by atoms with E-state index in [9.17, 15) is 4.79 Å². The summed E-state index contributed by atoms with van der Waals surface area (Å²) in [6, 6.07) is 17.5. The monoisotopic (exact) mass is 337 g/mol. The Morgan fingerprint density at radius 2 is 1.71 bits per heavy atom. The van der Waals surface area contributed by atoms with Gasteiger partial charge in [-0.2, -0.15) is 0 Å². The third-order valence-electron chi connectivity index (χ3n) is 3.79. The van der Waals surface area contributed by atoms with Crippen LogP contribution in [0, 0.1) is 6.92 Å². The van der Waals surface area contributed by atoms with Crippen LogP contribution in [-0.2, 0) is 4.79 Å². The van der Waals surface area contributed by atoms with Gasteiger partial charge in [-0.05, 0) is 32.0 Å². The molecule has 0 saturated carbocycles. The van der Waals surface area contributed by atoms with Crippen molar-refractivity contribution in [2.75, 3.05) is 11.9 Å². The van der Waals surface area contributed by atoms with Crippen LogP contribution in [0.25, 0.3) is 10.9 Å². The largest absolute Gasteiger partial charge is 0.315 e. The van der Waals surface area contributed by atoms with Gasteiger partial charge in [-0.1, -0.05) is 48.2 Å². The van der Waals surface area contributed by atoms with Crippen molar-refractivity contribution < 1.29 is 4.79 Å². The van der Waals surface area contributed by atoms with Crippen LogP contribution in [0.1, 0.15) is 12.7 Å². The third kappa shape index (κ3) is 3.41. The molecule has 0 aliphatic rings. The van der Waals surface area contributed by atoms with E-state index in [1.165, 1.54) is 11.8 Å². The number of aromatic nitrogens is 2. The lowest BCUT2D eigenvalue weighted by Crippen LogP contribution is -2.33. The molecule has 0 N–H and O–H groups in total. The highest BCUT2D eigenvalue weighted by molar-refractivity contribution is 8.00. The predicted molar refractivity (Wildman–Crippen MR) is 99.4 cm³/mol. The molecule has 24 heavy (non-hydrogen) atoms. The third-order valence-corrected chi connectivity index (χ3v) is 4.88. The quantitative estimate of drug-likeness (QED) is 0.531. The number of para-hydroxylation sites is 2. The Labute approximate surface area is 145 Å². The summed E-state index contributed by atoms with van der Waals surface area (Å²) < 4.78 is 0. The van der Waals surface area contributed by atoms with Crippen molar-refractivity contribution in [3.8, 4) is 0 Å². The minimum atomic E-state index is -0.243. The molecule has 1 amide bonds. The fourth-order valence-electron chi connectivity index (χ4n) is 2.52. The second-order valence-electron chi connectivity index (χ2n) is 5.59. The van der Waals surface area contributed by atoms with E-state index in [4.69, 9.17) is 0 Å². The van der Waals surface area contributed by atoms with Crippen LogP contribution >= 0.6 is 11.8 Å². The van der Waals surface area contributed by atoms with Gasteiger partial charge in [0.15, 0.2) is 0 Å². The van der Waals surface area contributed by atoms with Crippen LogP contribution < -0.4 is 4.90 Å². The van der Waals surface area contributed by atoms with E-state index in [-0.39, 0.29) is 11.2 Å². The molecule has 1 aromatic heterocycles. The molecule has 1 atom stereocenters. The summed E-state index contributed by atoms with van der Waals surface area (Å²) >= 11 is 1.48. The minimum Gasteiger partial charge on any atom is -0.315 e. The number of fused-ring (bicyclic) bond motifs is 1. The van der Waals surface area contributed by atoms with Gasteiger partial charge in [0.2, 0.25) is 5.91 Å². The molecule has 122 valence electrons. The number of nitrogens with zero attached hydrogens (tertiary/aromatic N) is 3. The first-order valence-corrected chi connectivity index (χ1v) is 8.67. The predicted octanol–water partition coefficient (Wildman–Crippen LogP) is 4.08. The summed E-state index contributed by atoms with van der Waals surface area (Å²) in [7, 11) is 1.80. The Kier molecular flexibility index (Phi) is 4.81. The molecule has 5 heteroatoms. The molecule has 0 aliphatic heterocycles. The van der Waals surface area contributed by atoms with E-state index in [1.54, 1.807) is 11.9 Å². The molecule has 0 bridgehead atoms. The Bertz CT molecular complexity index is 867. The number of benzene rings is 2. The van der Waals surface area contributed by atoms with E-state index in [1.807, 2.05) is 68.4 Å². The maximum atomic E-state index is 12.7. The number of carbonyl (C=O) groups excluding carboxylic acids is 1. The average molecular weight is 337 g/mol. The van der Waals surface area contributed by atoms with Gasteiger partial charge in [0, 0.05) is 18.1 Å². The Balaban J connectivity index is 1.84. The molecular formula is C19H19N3OS. The summed E-state index contributed by atoms with van der Waals surface area (Å²) in [5.74, 6) is 0.763. The van der Waals surface area contributed by atoms with E-state index < -0.39 is 0 Å². The lowest BCUT2D eigenvalue weighted by molar-refractivity contribution is -0.117. The number of amides is 1. The van der Waals surface area contributed by atoms with Crippen molar-refractivity contribution in [2.45, 2.75) is 24.1 Å². The van der Waals surface area contributed by atoms with Crippen molar-refractivity contribution in [1.29, 1.82) is 0 Å². The van der Waals surface area contributed by atoms with Gasteiger partial charge in [0.25, 0.3) is 0 Å². The molecule has 0 fully saturated rings. The molecule has 0 spiro atoms. The summed E-state index contributed by atoms with van der Waals surface area (Å²) in [4.78, 5) is 23.4. The molecule has 0 radical (unpaired) electrons. The molecule has 0 saturated heterocycles. The van der Waals surface area contributed by atoms with E-state index >= 15 is 0 Å². The Morgan fingerprint density at radius 3 is 2.46 bits per heavy atom. The van der Waals surface area contributed by atoms with Crippen LogP contribution in [0.5, 0.6) is 0 Å². The number of aryl methyl sites for hydroxylation is 1. The van der Waals surface area contributed by atoms with E-state index in [0.717, 1.165) is 21.6 Å². The number of carbonyl (C=O) groups is 1. The standard InChI is InChI=1S/C19H19N3OS/c1-13(19(23)22(3)15-9-5-4-6-10-15)24-18-16-11-7-8-12-17(16)20-14(2)21-18/h4-13H,1-3H3. The van der Waals surface area contributed by atoms with Crippen LogP contribution in [0.2, 0.25) is 0 Å². The first kappa shape index (κ1) is 16.5. The zero-order chi connectivity index (χ0) is 17.1. The average Bonchev–Trinajstić information content (AvgIpc) is 2.61. The fourth-order valence-corrected chi connectivity index (χ4v) is 3.60. The van der Waals surface area contributed by atoms with Crippen LogP contribution in [-0.4, -0.2) is 28.2 Å². The Morgan fingerprint density at radius 1 is 1.04 bits per heavy atom. The molecule has 1 heterocycles. The number of thioether (sulfide) groups is 1. The summed E-state index contributed by atoms with van der Waals surface area (Å²) in [6.07, 6.45) is 0. The topological polar surface area (TPSA) is 46.1 Å². The van der Waals surface area contributed by atoms with Gasteiger partial charge in [-0.3, -0.25) is 4.79 Å². The van der Waals surface area contributed by atoms with E-state index in [0.29, 0.717) is 5.82 Å². The summed E-state index contributed by atoms with van der Waals surface area (Å²) in [5.41, 5.74) is 1.79.